The van der Waals surface area contributed by atoms with Crippen LogP contribution in [0.25, 0.3) is 0 Å². The number of aliphatic hydroxyl groups is 1. The molecule has 0 rings (SSSR count). The van der Waals surface area contributed by atoms with Gasteiger partial charge in [0.15, 0.2) is 0 Å². The summed E-state index contributed by atoms with van der Waals surface area (Å²) in [5.41, 5.74) is 0. The van der Waals surface area contributed by atoms with Crippen LogP contribution >= 0.6 is 46.4 Å². The second-order valence-electron chi connectivity index (χ2n) is 1.22. The first kappa shape index (κ1) is 14.1. The number of carboxylic acids is 1. The summed E-state index contributed by atoms with van der Waals surface area (Å²) in [5.74, 6) is -1.11. The highest BCUT2D eigenvalue weighted by Crippen LogP contribution is 2.25. The van der Waals surface area contributed by atoms with Gasteiger partial charge in [-0.3, -0.25) is 0 Å². The van der Waals surface area contributed by atoms with Crippen molar-refractivity contribution in [3.8, 4) is 0 Å². The van der Waals surface area contributed by atoms with E-state index >= 15 is 0 Å². The Balaban J connectivity index is 0. The third-order valence-corrected chi connectivity index (χ3v) is 0.981. The molecule has 0 aliphatic rings. The Bertz CT molecular complexity index is 108. The maximum atomic E-state index is 9.62. The Hall–Kier alpha value is 0.590. The minimum Gasteiger partial charge on any atom is -0.478 e. The molecule has 0 bridgehead atoms. The molecule has 2 N–H and O–H groups in total. The summed E-state index contributed by atoms with van der Waals surface area (Å²) < 4.78 is -2.17. The van der Waals surface area contributed by atoms with E-state index in [4.69, 9.17) is 56.6 Å². The molecule has 7 heteroatoms. The highest BCUT2D eigenvalue weighted by molar-refractivity contribution is 6.75. The molecule has 0 radical (unpaired) electrons. The summed E-state index contributed by atoms with van der Waals surface area (Å²) in [6.07, 6.45) is 0. The smallest absolute Gasteiger partial charge is 0.356 e. The van der Waals surface area contributed by atoms with Gasteiger partial charge >= 0.3 is 5.97 Å². The average Bonchev–Trinajstić information content (AvgIpc) is 1.87. The predicted molar refractivity (Wildman–Crippen MR) is 45.7 cm³/mol. The summed E-state index contributed by atoms with van der Waals surface area (Å²) >= 11 is 19.3. The number of hydrogen-bond acceptors (Lipinski definition) is 2. The molecule has 3 nitrogen and oxygen atoms in total. The van der Waals surface area contributed by atoms with Gasteiger partial charge in [0.05, 0.1) is 6.61 Å². The van der Waals surface area contributed by atoms with Gasteiger partial charge in [-0.25, -0.2) is 4.79 Å². The molecule has 0 atom stereocenters. The van der Waals surface area contributed by atoms with Crippen molar-refractivity contribution >= 4 is 52.4 Å². The van der Waals surface area contributed by atoms with Crippen molar-refractivity contribution in [3.63, 3.8) is 0 Å². The number of aliphatic hydroxyl groups excluding tert-OH is 1. The standard InChI is InChI=1S/C2HCl3O2.C2H5ClO/c3-2(4,5)1(6)7;3-1-2-4/h(H,6,7);4H,1-2H2. The van der Waals surface area contributed by atoms with Crippen LogP contribution in [0.4, 0.5) is 0 Å². The number of aliphatic carboxylic acids is 1. The molecule has 0 amide bonds. The molecule has 0 unspecified atom stereocenters. The minimum absolute atomic E-state index is 0.0849. The van der Waals surface area contributed by atoms with E-state index < -0.39 is 9.76 Å². The van der Waals surface area contributed by atoms with E-state index in [2.05, 4.69) is 0 Å². The zero-order chi connectivity index (χ0) is 9.49. The molecular weight excluding hydrogens is 238 g/mol. The van der Waals surface area contributed by atoms with Gasteiger partial charge in [0.2, 0.25) is 0 Å². The van der Waals surface area contributed by atoms with Gasteiger partial charge in [-0.05, 0) is 0 Å². The fourth-order valence-corrected chi connectivity index (χ4v) is 0. The van der Waals surface area contributed by atoms with E-state index in [1.54, 1.807) is 0 Å². The monoisotopic (exact) mass is 242 g/mol. The Morgan fingerprint density at radius 2 is 1.55 bits per heavy atom. The lowest BCUT2D eigenvalue weighted by Crippen LogP contribution is -2.16. The topological polar surface area (TPSA) is 57.5 Å². The first-order chi connectivity index (χ1) is 4.86. The van der Waals surface area contributed by atoms with Crippen LogP contribution in [-0.4, -0.2) is 32.5 Å². The third kappa shape index (κ3) is 13.6. The van der Waals surface area contributed by atoms with Crippen LogP contribution < -0.4 is 0 Å². The lowest BCUT2D eigenvalue weighted by Gasteiger charge is -1.99. The minimum atomic E-state index is -2.17. The highest BCUT2D eigenvalue weighted by Gasteiger charge is 2.29. The summed E-state index contributed by atoms with van der Waals surface area (Å²) in [5, 5.41) is 15.6. The van der Waals surface area contributed by atoms with Crippen LogP contribution in [-0.2, 0) is 4.79 Å². The number of rotatable bonds is 1. The Labute approximate surface area is 83.8 Å². The molecule has 0 aliphatic carbocycles. The normalized spacial score (nSPS) is 9.91. The van der Waals surface area contributed by atoms with Crippen LogP contribution in [0.3, 0.4) is 0 Å². The quantitative estimate of drug-likeness (QED) is 0.689. The maximum absolute atomic E-state index is 9.62. The fraction of sp³-hybridized carbons (Fsp3) is 0.750. The van der Waals surface area contributed by atoms with Gasteiger partial charge in [0, 0.05) is 5.88 Å². The van der Waals surface area contributed by atoms with Crippen molar-refractivity contribution in [1.82, 2.24) is 0 Å². The first-order valence-electron chi connectivity index (χ1n) is 2.33. The second-order valence-corrected chi connectivity index (χ2v) is 3.87. The summed E-state index contributed by atoms with van der Waals surface area (Å²) in [6.45, 7) is 0.0849. The number of carboxylic acid groups (broad SMARTS) is 1. The van der Waals surface area contributed by atoms with E-state index in [1.165, 1.54) is 0 Å². The van der Waals surface area contributed by atoms with Crippen molar-refractivity contribution in [2.75, 3.05) is 12.5 Å². The molecule has 0 spiro atoms. The van der Waals surface area contributed by atoms with Gasteiger partial charge in [-0.15, -0.1) is 11.6 Å². The lowest BCUT2D eigenvalue weighted by atomic mass is 10.8. The van der Waals surface area contributed by atoms with E-state index in [-0.39, 0.29) is 6.61 Å². The van der Waals surface area contributed by atoms with Gasteiger partial charge in [0.1, 0.15) is 0 Å². The average molecular weight is 244 g/mol. The van der Waals surface area contributed by atoms with Crippen molar-refractivity contribution in [1.29, 1.82) is 0 Å². The first-order valence-corrected chi connectivity index (χ1v) is 4.00. The Kier molecular flexibility index (Phi) is 9.32. The van der Waals surface area contributed by atoms with Crippen molar-refractivity contribution in [2.24, 2.45) is 0 Å². The van der Waals surface area contributed by atoms with E-state index in [9.17, 15) is 4.79 Å². The maximum Gasteiger partial charge on any atom is 0.356 e. The summed E-state index contributed by atoms with van der Waals surface area (Å²) in [7, 11) is 0. The lowest BCUT2D eigenvalue weighted by molar-refractivity contribution is -0.135. The summed E-state index contributed by atoms with van der Waals surface area (Å²) in [4.78, 5) is 9.62. The second kappa shape index (κ2) is 7.25. The van der Waals surface area contributed by atoms with Crippen LogP contribution in [0.1, 0.15) is 0 Å². The molecule has 0 aromatic rings. The SMILES string of the molecule is O=C(O)C(Cl)(Cl)Cl.OCCCl. The molecule has 0 aromatic carbocycles. The molecule has 11 heavy (non-hydrogen) atoms. The Morgan fingerprint density at radius 1 is 1.36 bits per heavy atom. The molecular formula is C4H6Cl4O3. The van der Waals surface area contributed by atoms with Crippen LogP contribution in [0, 0.1) is 0 Å². The van der Waals surface area contributed by atoms with Gasteiger partial charge in [-0.1, -0.05) is 34.8 Å². The highest BCUT2D eigenvalue weighted by atomic mass is 35.6. The number of halogens is 4. The number of carbonyl (C=O) groups is 1. The molecule has 68 valence electrons. The largest absolute Gasteiger partial charge is 0.478 e. The number of alkyl halides is 4. The zero-order valence-electron chi connectivity index (χ0n) is 5.23. The fourth-order valence-electron chi connectivity index (χ4n) is 0. The zero-order valence-corrected chi connectivity index (χ0v) is 8.25. The predicted octanol–water partition coefficient (Wildman–Crippen LogP) is 1.66. The molecule has 0 heterocycles. The van der Waals surface area contributed by atoms with Gasteiger partial charge in [0.25, 0.3) is 3.79 Å². The summed E-state index contributed by atoms with van der Waals surface area (Å²) in [6, 6.07) is 0. The molecule has 0 fully saturated rings. The van der Waals surface area contributed by atoms with Crippen LogP contribution in [0.15, 0.2) is 0 Å². The van der Waals surface area contributed by atoms with Gasteiger partial charge in [-0.2, -0.15) is 0 Å². The van der Waals surface area contributed by atoms with Crippen molar-refractivity contribution < 1.29 is 15.0 Å². The Morgan fingerprint density at radius 3 is 1.55 bits per heavy atom. The van der Waals surface area contributed by atoms with E-state index in [0.717, 1.165) is 0 Å². The van der Waals surface area contributed by atoms with E-state index in [1.807, 2.05) is 0 Å². The molecule has 0 aromatic heterocycles. The number of hydrogen-bond donors (Lipinski definition) is 2. The molecule has 0 saturated heterocycles. The van der Waals surface area contributed by atoms with E-state index in [0.29, 0.717) is 5.88 Å². The third-order valence-electron chi connectivity index (χ3n) is 0.327. The van der Waals surface area contributed by atoms with Gasteiger partial charge < -0.3 is 10.2 Å². The molecule has 0 saturated carbocycles. The van der Waals surface area contributed by atoms with Crippen LogP contribution in [0.2, 0.25) is 0 Å². The molecule has 0 aliphatic heterocycles. The van der Waals surface area contributed by atoms with Crippen molar-refractivity contribution in [3.05, 3.63) is 0 Å². The van der Waals surface area contributed by atoms with Crippen molar-refractivity contribution in [2.45, 2.75) is 3.79 Å². The van der Waals surface area contributed by atoms with Crippen LogP contribution in [0.5, 0.6) is 0 Å².